The van der Waals surface area contributed by atoms with Crippen LogP contribution in [-0.2, 0) is 4.74 Å². The minimum Gasteiger partial charge on any atom is -0.389 e. The molecule has 0 saturated heterocycles. The smallest absolute Gasteiger partial charge is 0.0900 e. The first-order chi connectivity index (χ1) is 8.46. The van der Waals surface area contributed by atoms with Crippen LogP contribution in [0.3, 0.4) is 0 Å². The Hall–Kier alpha value is -0.120. The van der Waals surface area contributed by atoms with E-state index >= 15 is 0 Å². The molecule has 2 saturated carbocycles. The van der Waals surface area contributed by atoms with Crippen LogP contribution in [0.5, 0.6) is 0 Å². The van der Waals surface area contributed by atoms with Crippen molar-refractivity contribution in [3.63, 3.8) is 0 Å². The van der Waals surface area contributed by atoms with Gasteiger partial charge in [0, 0.05) is 18.6 Å². The Kier molecular flexibility index (Phi) is 4.68. The van der Waals surface area contributed by atoms with E-state index in [-0.39, 0.29) is 11.7 Å². The van der Waals surface area contributed by atoms with Crippen LogP contribution in [-0.4, -0.2) is 46.9 Å². The number of hydrogen-bond donors (Lipinski definition) is 1. The lowest BCUT2D eigenvalue weighted by atomic mass is 10.1. The molecule has 1 N–H and O–H groups in total. The molecule has 0 amide bonds. The molecule has 0 radical (unpaired) electrons. The molecule has 0 heterocycles. The molecular formula is C15H29NO2. The van der Waals surface area contributed by atoms with Gasteiger partial charge in [-0.25, -0.2) is 0 Å². The van der Waals surface area contributed by atoms with E-state index in [2.05, 4.69) is 4.90 Å². The van der Waals surface area contributed by atoms with Gasteiger partial charge in [-0.3, -0.25) is 4.90 Å². The van der Waals surface area contributed by atoms with Gasteiger partial charge in [0.2, 0.25) is 0 Å². The Morgan fingerprint density at radius 2 is 1.67 bits per heavy atom. The Labute approximate surface area is 112 Å². The highest BCUT2D eigenvalue weighted by atomic mass is 16.5. The van der Waals surface area contributed by atoms with Gasteiger partial charge in [0.15, 0.2) is 0 Å². The van der Waals surface area contributed by atoms with E-state index in [1.165, 1.54) is 38.5 Å². The zero-order valence-electron chi connectivity index (χ0n) is 12.2. The van der Waals surface area contributed by atoms with Gasteiger partial charge in [0.1, 0.15) is 0 Å². The summed E-state index contributed by atoms with van der Waals surface area (Å²) in [5.41, 5.74) is -0.154. The maximum atomic E-state index is 10.2. The number of nitrogens with zero attached hydrogens (tertiary/aromatic N) is 1. The van der Waals surface area contributed by atoms with Crippen molar-refractivity contribution in [3.05, 3.63) is 0 Å². The molecule has 3 heteroatoms. The van der Waals surface area contributed by atoms with Crippen LogP contribution in [0.15, 0.2) is 0 Å². The van der Waals surface area contributed by atoms with Crippen LogP contribution < -0.4 is 0 Å². The second-order valence-corrected chi connectivity index (χ2v) is 6.94. The topological polar surface area (TPSA) is 32.7 Å². The number of aliphatic hydroxyl groups excluding tert-OH is 1. The van der Waals surface area contributed by atoms with Crippen molar-refractivity contribution in [3.8, 4) is 0 Å². The largest absolute Gasteiger partial charge is 0.389 e. The van der Waals surface area contributed by atoms with Crippen molar-refractivity contribution in [1.29, 1.82) is 0 Å². The molecule has 2 fully saturated rings. The molecule has 0 aliphatic heterocycles. The summed E-state index contributed by atoms with van der Waals surface area (Å²) in [6.07, 6.45) is 7.68. The second kappa shape index (κ2) is 5.89. The van der Waals surface area contributed by atoms with Gasteiger partial charge in [0.25, 0.3) is 0 Å². The Bertz CT molecular complexity index is 252. The highest BCUT2D eigenvalue weighted by Gasteiger charge is 2.36. The summed E-state index contributed by atoms with van der Waals surface area (Å²) in [6.45, 7) is 7.37. The van der Waals surface area contributed by atoms with Crippen LogP contribution in [0.2, 0.25) is 0 Å². The third-order valence-electron chi connectivity index (χ3n) is 3.94. The Balaban J connectivity index is 1.77. The van der Waals surface area contributed by atoms with E-state index in [9.17, 15) is 5.11 Å². The molecule has 0 aromatic rings. The molecule has 0 aromatic carbocycles. The Morgan fingerprint density at radius 1 is 1.11 bits per heavy atom. The number of hydrogen-bond acceptors (Lipinski definition) is 3. The van der Waals surface area contributed by atoms with E-state index in [4.69, 9.17) is 4.74 Å². The average molecular weight is 255 g/mol. The van der Waals surface area contributed by atoms with E-state index in [1.807, 2.05) is 20.8 Å². The van der Waals surface area contributed by atoms with Gasteiger partial charge in [-0.2, -0.15) is 0 Å². The third-order valence-corrected chi connectivity index (χ3v) is 3.94. The molecule has 3 nitrogen and oxygen atoms in total. The SMILES string of the molecule is CC(C)(C)OCC(O)CN(C1CCCC1)C1CC1. The normalized spacial score (nSPS) is 23.8. The lowest BCUT2D eigenvalue weighted by Crippen LogP contribution is -2.43. The lowest BCUT2D eigenvalue weighted by molar-refractivity contribution is -0.0595. The third kappa shape index (κ3) is 4.52. The van der Waals surface area contributed by atoms with Gasteiger partial charge in [0.05, 0.1) is 18.3 Å². The van der Waals surface area contributed by atoms with Crippen LogP contribution >= 0.6 is 0 Å². The van der Waals surface area contributed by atoms with Gasteiger partial charge in [-0.05, 0) is 46.5 Å². The summed E-state index contributed by atoms with van der Waals surface area (Å²) >= 11 is 0. The van der Waals surface area contributed by atoms with Crippen molar-refractivity contribution in [1.82, 2.24) is 4.90 Å². The van der Waals surface area contributed by atoms with Gasteiger partial charge >= 0.3 is 0 Å². The van der Waals surface area contributed by atoms with Crippen molar-refractivity contribution < 1.29 is 9.84 Å². The van der Waals surface area contributed by atoms with Crippen molar-refractivity contribution in [2.24, 2.45) is 0 Å². The van der Waals surface area contributed by atoms with Gasteiger partial charge < -0.3 is 9.84 Å². The molecular weight excluding hydrogens is 226 g/mol. The summed E-state index contributed by atoms with van der Waals surface area (Å²) in [5.74, 6) is 0. The molecule has 18 heavy (non-hydrogen) atoms. The highest BCUT2D eigenvalue weighted by molar-refractivity contribution is 4.91. The fraction of sp³-hybridized carbons (Fsp3) is 1.00. The van der Waals surface area contributed by atoms with E-state index in [1.54, 1.807) is 0 Å². The van der Waals surface area contributed by atoms with E-state index in [0.29, 0.717) is 6.61 Å². The molecule has 2 rings (SSSR count). The quantitative estimate of drug-likeness (QED) is 0.792. The molecule has 2 aliphatic carbocycles. The fourth-order valence-electron chi connectivity index (χ4n) is 2.88. The predicted octanol–water partition coefficient (Wildman–Crippen LogP) is 2.57. The number of ether oxygens (including phenoxy) is 1. The first kappa shape index (κ1) is 14.3. The summed E-state index contributed by atoms with van der Waals surface area (Å²) in [5, 5.41) is 10.2. The van der Waals surface area contributed by atoms with Crippen LogP contribution in [0, 0.1) is 0 Å². The highest BCUT2D eigenvalue weighted by Crippen LogP contribution is 2.34. The predicted molar refractivity (Wildman–Crippen MR) is 73.7 cm³/mol. The molecule has 2 aliphatic rings. The van der Waals surface area contributed by atoms with Gasteiger partial charge in [-0.15, -0.1) is 0 Å². The second-order valence-electron chi connectivity index (χ2n) is 6.94. The standard InChI is InChI=1S/C15H29NO2/c1-15(2,3)18-11-14(17)10-16(13-8-9-13)12-6-4-5-7-12/h12-14,17H,4-11H2,1-3H3. The summed E-state index contributed by atoms with van der Waals surface area (Å²) in [4.78, 5) is 2.56. The average Bonchev–Trinajstić information content (AvgIpc) is 2.97. The van der Waals surface area contributed by atoms with Gasteiger partial charge in [-0.1, -0.05) is 12.8 Å². The summed E-state index contributed by atoms with van der Waals surface area (Å²) in [7, 11) is 0. The van der Waals surface area contributed by atoms with Crippen LogP contribution in [0.1, 0.15) is 59.3 Å². The fourth-order valence-corrected chi connectivity index (χ4v) is 2.88. The molecule has 0 spiro atoms. The summed E-state index contributed by atoms with van der Waals surface area (Å²) in [6, 6.07) is 1.47. The maximum Gasteiger partial charge on any atom is 0.0900 e. The molecule has 0 aromatic heterocycles. The first-order valence-corrected chi connectivity index (χ1v) is 7.53. The number of rotatable bonds is 6. The zero-order chi connectivity index (χ0) is 13.2. The van der Waals surface area contributed by atoms with Crippen molar-refractivity contribution in [2.45, 2.75) is 83.1 Å². The number of aliphatic hydroxyl groups is 1. The van der Waals surface area contributed by atoms with E-state index in [0.717, 1.165) is 18.6 Å². The molecule has 1 atom stereocenters. The molecule has 106 valence electrons. The minimum atomic E-state index is -0.342. The molecule has 0 bridgehead atoms. The maximum absolute atomic E-state index is 10.2. The van der Waals surface area contributed by atoms with Crippen LogP contribution in [0.4, 0.5) is 0 Å². The molecule has 1 unspecified atom stereocenters. The summed E-state index contributed by atoms with van der Waals surface area (Å²) < 4.78 is 5.68. The van der Waals surface area contributed by atoms with Crippen LogP contribution in [0.25, 0.3) is 0 Å². The zero-order valence-corrected chi connectivity index (χ0v) is 12.2. The van der Waals surface area contributed by atoms with E-state index < -0.39 is 0 Å². The minimum absolute atomic E-state index is 0.154. The first-order valence-electron chi connectivity index (χ1n) is 7.53. The monoisotopic (exact) mass is 255 g/mol. The van der Waals surface area contributed by atoms with Crippen molar-refractivity contribution >= 4 is 0 Å². The van der Waals surface area contributed by atoms with Crippen molar-refractivity contribution in [2.75, 3.05) is 13.2 Å². The Morgan fingerprint density at radius 3 is 2.17 bits per heavy atom. The lowest BCUT2D eigenvalue weighted by Gasteiger charge is -2.31.